The molecule has 0 radical (unpaired) electrons. The van der Waals surface area contributed by atoms with E-state index in [1.807, 2.05) is 20.8 Å². The van der Waals surface area contributed by atoms with Crippen LogP contribution in [-0.2, 0) is 4.74 Å². The third kappa shape index (κ3) is 2.82. The van der Waals surface area contributed by atoms with Crippen molar-refractivity contribution in [1.82, 2.24) is 4.90 Å². The summed E-state index contributed by atoms with van der Waals surface area (Å²) in [5.41, 5.74) is 1.46. The third-order valence-electron chi connectivity index (χ3n) is 4.02. The molecular weight excluding hydrogens is 271 g/mol. The summed E-state index contributed by atoms with van der Waals surface area (Å²) in [5.74, 6) is -0.0949. The average molecular weight is 292 g/mol. The zero-order chi connectivity index (χ0) is 15.2. The van der Waals surface area contributed by atoms with Crippen LogP contribution in [0.5, 0.6) is 0 Å². The molecule has 2 aliphatic rings. The maximum atomic E-state index is 13.5. The Morgan fingerprint density at radius 1 is 1.43 bits per heavy atom. The number of amides is 1. The molecule has 4 nitrogen and oxygen atoms in total. The minimum atomic E-state index is -0.494. The van der Waals surface area contributed by atoms with Gasteiger partial charge in [0, 0.05) is 30.7 Å². The maximum absolute atomic E-state index is 13.5. The Bertz CT molecular complexity index is 568. The molecule has 0 spiro atoms. The highest BCUT2D eigenvalue weighted by molar-refractivity contribution is 5.69. The van der Waals surface area contributed by atoms with Gasteiger partial charge in [-0.25, -0.2) is 9.18 Å². The number of anilines is 1. The summed E-state index contributed by atoms with van der Waals surface area (Å²) < 4.78 is 18.9. The molecule has 2 heterocycles. The molecule has 0 bridgehead atoms. The first-order chi connectivity index (χ1) is 9.83. The number of benzene rings is 1. The molecule has 0 aromatic heterocycles. The van der Waals surface area contributed by atoms with Crippen LogP contribution < -0.4 is 5.32 Å². The quantitative estimate of drug-likeness (QED) is 0.797. The molecule has 1 fully saturated rings. The van der Waals surface area contributed by atoms with Crippen LogP contribution >= 0.6 is 0 Å². The summed E-state index contributed by atoms with van der Waals surface area (Å²) in [6.45, 7) is 6.82. The Balaban J connectivity index is 1.76. The van der Waals surface area contributed by atoms with Gasteiger partial charge in [0.25, 0.3) is 0 Å². The summed E-state index contributed by atoms with van der Waals surface area (Å²) in [5, 5.41) is 3.43. The number of ether oxygens (including phenoxy) is 1. The lowest BCUT2D eigenvalue weighted by atomic mass is 9.89. The van der Waals surface area contributed by atoms with Crippen molar-refractivity contribution in [1.29, 1.82) is 0 Å². The maximum Gasteiger partial charge on any atom is 0.410 e. The third-order valence-corrected chi connectivity index (χ3v) is 4.02. The van der Waals surface area contributed by atoms with E-state index in [0.29, 0.717) is 13.1 Å². The summed E-state index contributed by atoms with van der Waals surface area (Å²) in [4.78, 5) is 13.9. The van der Waals surface area contributed by atoms with Gasteiger partial charge >= 0.3 is 6.09 Å². The van der Waals surface area contributed by atoms with Gasteiger partial charge < -0.3 is 15.0 Å². The van der Waals surface area contributed by atoms with Gasteiger partial charge in [-0.15, -0.1) is 0 Å². The molecule has 1 aromatic carbocycles. The molecule has 0 aliphatic carbocycles. The van der Waals surface area contributed by atoms with E-state index in [4.69, 9.17) is 4.74 Å². The van der Waals surface area contributed by atoms with Crippen LogP contribution in [-0.4, -0.2) is 35.7 Å². The number of nitrogens with zero attached hydrogens (tertiary/aromatic N) is 1. The molecule has 5 heteroatoms. The monoisotopic (exact) mass is 292 g/mol. The number of rotatable bonds is 0. The lowest BCUT2D eigenvalue weighted by Gasteiger charge is -2.36. The topological polar surface area (TPSA) is 41.6 Å². The summed E-state index contributed by atoms with van der Waals surface area (Å²) in [7, 11) is 0. The Morgan fingerprint density at radius 3 is 2.90 bits per heavy atom. The average Bonchev–Trinajstić information content (AvgIpc) is 2.74. The number of hydrogen-bond donors (Lipinski definition) is 1. The highest BCUT2D eigenvalue weighted by Gasteiger charge is 2.39. The highest BCUT2D eigenvalue weighted by Crippen LogP contribution is 2.40. The van der Waals surface area contributed by atoms with E-state index in [0.717, 1.165) is 17.7 Å². The van der Waals surface area contributed by atoms with Gasteiger partial charge in [0.05, 0.1) is 0 Å². The molecule has 114 valence electrons. The van der Waals surface area contributed by atoms with Crippen molar-refractivity contribution in [2.75, 3.05) is 18.4 Å². The van der Waals surface area contributed by atoms with E-state index in [1.165, 1.54) is 6.07 Å². The molecule has 1 saturated heterocycles. The molecule has 3 rings (SSSR count). The Morgan fingerprint density at radius 2 is 2.19 bits per heavy atom. The fourth-order valence-electron chi connectivity index (χ4n) is 3.10. The smallest absolute Gasteiger partial charge is 0.410 e. The summed E-state index contributed by atoms with van der Waals surface area (Å²) in [6, 6.07) is 5.10. The van der Waals surface area contributed by atoms with Crippen LogP contribution in [0.3, 0.4) is 0 Å². The zero-order valence-electron chi connectivity index (χ0n) is 12.6. The van der Waals surface area contributed by atoms with Crippen LogP contribution in [0, 0.1) is 5.82 Å². The van der Waals surface area contributed by atoms with Gasteiger partial charge in [-0.3, -0.25) is 0 Å². The van der Waals surface area contributed by atoms with Crippen molar-refractivity contribution in [2.45, 2.75) is 44.8 Å². The fourth-order valence-corrected chi connectivity index (χ4v) is 3.10. The minimum Gasteiger partial charge on any atom is -0.444 e. The molecule has 21 heavy (non-hydrogen) atoms. The molecule has 1 amide bonds. The second-order valence-corrected chi connectivity index (χ2v) is 6.80. The van der Waals surface area contributed by atoms with Crippen LogP contribution in [0.25, 0.3) is 0 Å². The van der Waals surface area contributed by atoms with Crippen molar-refractivity contribution in [3.05, 3.63) is 29.6 Å². The first-order valence-corrected chi connectivity index (χ1v) is 7.37. The summed E-state index contributed by atoms with van der Waals surface area (Å²) in [6.07, 6.45) is 0.561. The van der Waals surface area contributed by atoms with Gasteiger partial charge in [-0.05, 0) is 51.0 Å². The van der Waals surface area contributed by atoms with Crippen molar-refractivity contribution in [3.63, 3.8) is 0 Å². The van der Waals surface area contributed by atoms with Gasteiger partial charge in [0.2, 0.25) is 0 Å². The van der Waals surface area contributed by atoms with Gasteiger partial charge in [0.1, 0.15) is 11.4 Å². The molecule has 0 unspecified atom stereocenters. The number of likely N-dealkylation sites (tertiary alicyclic amines) is 1. The molecule has 1 aromatic rings. The van der Waals surface area contributed by atoms with Crippen LogP contribution in [0.2, 0.25) is 0 Å². The van der Waals surface area contributed by atoms with Crippen LogP contribution in [0.4, 0.5) is 14.9 Å². The Kier molecular flexibility index (Phi) is 3.30. The van der Waals surface area contributed by atoms with Gasteiger partial charge in [-0.1, -0.05) is 0 Å². The van der Waals surface area contributed by atoms with Gasteiger partial charge in [-0.2, -0.15) is 0 Å². The SMILES string of the molecule is CC(C)(C)OC(=O)N1CC[C@H]2Nc3ccc(F)cc3[C@H]2C1. The van der Waals surface area contributed by atoms with Crippen molar-refractivity contribution >= 4 is 11.8 Å². The van der Waals surface area contributed by atoms with Crippen molar-refractivity contribution in [2.24, 2.45) is 0 Å². The molecule has 2 atom stereocenters. The summed E-state index contributed by atoms with van der Waals surface area (Å²) >= 11 is 0. The number of piperidine rings is 1. The number of carbonyl (C=O) groups excluding carboxylic acids is 1. The van der Waals surface area contributed by atoms with Crippen LogP contribution in [0.1, 0.15) is 38.7 Å². The normalized spacial score (nSPS) is 24.1. The van der Waals surface area contributed by atoms with E-state index in [2.05, 4.69) is 5.32 Å². The van der Waals surface area contributed by atoms with E-state index in [1.54, 1.807) is 17.0 Å². The lowest BCUT2D eigenvalue weighted by molar-refractivity contribution is 0.0195. The van der Waals surface area contributed by atoms with Crippen molar-refractivity contribution in [3.8, 4) is 0 Å². The molecule has 1 N–H and O–H groups in total. The molecule has 0 saturated carbocycles. The lowest BCUT2D eigenvalue weighted by Crippen LogP contribution is -2.46. The fraction of sp³-hybridized carbons (Fsp3) is 0.562. The van der Waals surface area contributed by atoms with E-state index in [-0.39, 0.29) is 23.9 Å². The van der Waals surface area contributed by atoms with E-state index < -0.39 is 5.60 Å². The zero-order valence-corrected chi connectivity index (χ0v) is 12.6. The highest BCUT2D eigenvalue weighted by atomic mass is 19.1. The Labute approximate surface area is 124 Å². The predicted octanol–water partition coefficient (Wildman–Crippen LogP) is 3.34. The van der Waals surface area contributed by atoms with Crippen LogP contribution in [0.15, 0.2) is 18.2 Å². The minimum absolute atomic E-state index is 0.136. The number of halogens is 1. The van der Waals surface area contributed by atoms with E-state index in [9.17, 15) is 9.18 Å². The number of fused-ring (bicyclic) bond motifs is 3. The van der Waals surface area contributed by atoms with Gasteiger partial charge in [0.15, 0.2) is 0 Å². The standard InChI is InChI=1S/C16H21FN2O2/c1-16(2,3)21-15(20)19-7-6-14-12(9-19)11-8-10(17)4-5-13(11)18-14/h4-5,8,12,14,18H,6-7,9H2,1-3H3/t12-,14-/m1/s1. The number of carbonyl (C=O) groups is 1. The molecular formula is C16H21FN2O2. The second kappa shape index (κ2) is 4.90. The van der Waals surface area contributed by atoms with Crippen molar-refractivity contribution < 1.29 is 13.9 Å². The second-order valence-electron chi connectivity index (χ2n) is 6.80. The number of nitrogens with one attached hydrogen (secondary N) is 1. The number of hydrogen-bond acceptors (Lipinski definition) is 3. The van der Waals surface area contributed by atoms with E-state index >= 15 is 0 Å². The molecule has 2 aliphatic heterocycles. The first-order valence-electron chi connectivity index (χ1n) is 7.37. The predicted molar refractivity (Wildman–Crippen MR) is 79.0 cm³/mol. The Hall–Kier alpha value is -1.78. The largest absolute Gasteiger partial charge is 0.444 e. The first kappa shape index (κ1) is 14.2.